The quantitative estimate of drug-likeness (QED) is 0.860. The number of rotatable bonds is 5. The lowest BCUT2D eigenvalue weighted by Crippen LogP contribution is -2.03. The zero-order chi connectivity index (χ0) is 9.68. The summed E-state index contributed by atoms with van der Waals surface area (Å²) in [6.07, 6.45) is 3.86. The van der Waals surface area contributed by atoms with Gasteiger partial charge in [0.15, 0.2) is 0 Å². The van der Waals surface area contributed by atoms with Crippen molar-refractivity contribution in [1.82, 2.24) is 0 Å². The molecule has 1 rings (SSSR count). The van der Waals surface area contributed by atoms with Crippen LogP contribution in [0, 0.1) is 0 Å². The van der Waals surface area contributed by atoms with E-state index < -0.39 is 0 Å². The van der Waals surface area contributed by atoms with Crippen LogP contribution in [0.4, 0.5) is 0 Å². The van der Waals surface area contributed by atoms with Gasteiger partial charge in [-0.25, -0.2) is 0 Å². The average Bonchev–Trinajstić information content (AvgIpc) is 2.51. The number of thiophene rings is 1. The SMILES string of the molecule is CCC(O)CCCc1cc(Br)cs1. The maximum absolute atomic E-state index is 9.34. The standard InChI is InChI=1S/C10H15BrOS/c1-2-9(12)4-3-5-10-6-8(11)7-13-10/h6-7,9,12H,2-5H2,1H3. The summed E-state index contributed by atoms with van der Waals surface area (Å²) in [5, 5.41) is 11.4. The van der Waals surface area contributed by atoms with E-state index in [1.807, 2.05) is 6.92 Å². The Morgan fingerprint density at radius 1 is 1.62 bits per heavy atom. The van der Waals surface area contributed by atoms with E-state index in [0.717, 1.165) is 25.7 Å². The fourth-order valence-corrected chi connectivity index (χ4v) is 2.70. The topological polar surface area (TPSA) is 20.2 Å². The Kier molecular flexibility index (Phi) is 4.99. The highest BCUT2D eigenvalue weighted by Gasteiger charge is 2.02. The molecule has 1 aromatic rings. The van der Waals surface area contributed by atoms with E-state index in [4.69, 9.17) is 0 Å². The summed E-state index contributed by atoms with van der Waals surface area (Å²) in [5.41, 5.74) is 0. The number of hydrogen-bond acceptors (Lipinski definition) is 2. The molecule has 74 valence electrons. The van der Waals surface area contributed by atoms with E-state index >= 15 is 0 Å². The Balaban J connectivity index is 2.20. The molecule has 0 aliphatic rings. The van der Waals surface area contributed by atoms with E-state index in [2.05, 4.69) is 27.4 Å². The Morgan fingerprint density at radius 2 is 2.38 bits per heavy atom. The van der Waals surface area contributed by atoms with Gasteiger partial charge in [0.1, 0.15) is 0 Å². The van der Waals surface area contributed by atoms with Gasteiger partial charge in [-0.2, -0.15) is 0 Å². The van der Waals surface area contributed by atoms with Gasteiger partial charge >= 0.3 is 0 Å². The fourth-order valence-electron chi connectivity index (χ4n) is 1.20. The Bertz CT molecular complexity index is 247. The highest BCUT2D eigenvalue weighted by Crippen LogP contribution is 2.21. The molecular formula is C10H15BrOS. The minimum atomic E-state index is -0.108. The average molecular weight is 263 g/mol. The second-order valence-corrected chi connectivity index (χ2v) is 5.10. The molecule has 1 N–H and O–H groups in total. The molecular weight excluding hydrogens is 248 g/mol. The summed E-state index contributed by atoms with van der Waals surface area (Å²) < 4.78 is 1.17. The number of aryl methyl sites for hydroxylation is 1. The molecule has 1 unspecified atom stereocenters. The van der Waals surface area contributed by atoms with Crippen LogP contribution >= 0.6 is 27.3 Å². The summed E-state index contributed by atoms with van der Waals surface area (Å²) >= 11 is 5.21. The van der Waals surface area contributed by atoms with Crippen LogP contribution < -0.4 is 0 Å². The van der Waals surface area contributed by atoms with Crippen molar-refractivity contribution >= 4 is 27.3 Å². The van der Waals surface area contributed by atoms with E-state index in [1.165, 1.54) is 9.35 Å². The summed E-state index contributed by atoms with van der Waals surface area (Å²) in [7, 11) is 0. The second kappa shape index (κ2) is 5.78. The highest BCUT2D eigenvalue weighted by molar-refractivity contribution is 9.10. The molecule has 0 radical (unpaired) electrons. The zero-order valence-corrected chi connectivity index (χ0v) is 10.2. The molecule has 0 aliphatic heterocycles. The van der Waals surface area contributed by atoms with E-state index in [1.54, 1.807) is 11.3 Å². The van der Waals surface area contributed by atoms with Crippen LogP contribution in [-0.4, -0.2) is 11.2 Å². The lowest BCUT2D eigenvalue weighted by atomic mass is 10.1. The molecule has 0 amide bonds. The molecule has 13 heavy (non-hydrogen) atoms. The minimum Gasteiger partial charge on any atom is -0.393 e. The molecule has 0 aromatic carbocycles. The van der Waals surface area contributed by atoms with Crippen LogP contribution in [0.25, 0.3) is 0 Å². The van der Waals surface area contributed by atoms with Crippen molar-refractivity contribution in [1.29, 1.82) is 0 Å². The summed E-state index contributed by atoms with van der Waals surface area (Å²) in [6.45, 7) is 2.02. The molecule has 0 aliphatic carbocycles. The van der Waals surface area contributed by atoms with E-state index in [0.29, 0.717) is 0 Å². The monoisotopic (exact) mass is 262 g/mol. The number of aliphatic hydroxyl groups excluding tert-OH is 1. The first-order valence-electron chi connectivity index (χ1n) is 4.63. The lowest BCUT2D eigenvalue weighted by molar-refractivity contribution is 0.158. The molecule has 0 bridgehead atoms. The van der Waals surface area contributed by atoms with E-state index in [-0.39, 0.29) is 6.10 Å². The lowest BCUT2D eigenvalue weighted by Gasteiger charge is -2.05. The van der Waals surface area contributed by atoms with Crippen LogP contribution in [0.2, 0.25) is 0 Å². The molecule has 1 aromatic heterocycles. The molecule has 1 nitrogen and oxygen atoms in total. The first-order chi connectivity index (χ1) is 6.22. The van der Waals surface area contributed by atoms with Gasteiger partial charge in [-0.1, -0.05) is 6.92 Å². The van der Waals surface area contributed by atoms with Crippen LogP contribution in [0.1, 0.15) is 31.1 Å². The van der Waals surface area contributed by atoms with Gasteiger partial charge in [0.05, 0.1) is 6.10 Å². The molecule has 0 spiro atoms. The van der Waals surface area contributed by atoms with Gasteiger partial charge in [-0.05, 0) is 47.7 Å². The number of hydrogen-bond donors (Lipinski definition) is 1. The first-order valence-corrected chi connectivity index (χ1v) is 6.30. The van der Waals surface area contributed by atoms with Crippen molar-refractivity contribution in [3.05, 3.63) is 20.8 Å². The zero-order valence-electron chi connectivity index (χ0n) is 7.79. The van der Waals surface area contributed by atoms with Crippen molar-refractivity contribution in [3.8, 4) is 0 Å². The summed E-state index contributed by atoms with van der Waals surface area (Å²) in [4.78, 5) is 1.40. The van der Waals surface area contributed by atoms with Crippen molar-refractivity contribution in [2.45, 2.75) is 38.7 Å². The Morgan fingerprint density at radius 3 is 2.92 bits per heavy atom. The largest absolute Gasteiger partial charge is 0.393 e. The predicted molar refractivity (Wildman–Crippen MR) is 61.3 cm³/mol. The van der Waals surface area contributed by atoms with Crippen molar-refractivity contribution in [2.75, 3.05) is 0 Å². The number of halogens is 1. The van der Waals surface area contributed by atoms with Gasteiger partial charge in [0, 0.05) is 14.7 Å². The molecule has 0 saturated carbocycles. The van der Waals surface area contributed by atoms with Gasteiger partial charge in [0.25, 0.3) is 0 Å². The van der Waals surface area contributed by atoms with Gasteiger partial charge < -0.3 is 5.11 Å². The smallest absolute Gasteiger partial charge is 0.0537 e. The predicted octanol–water partition coefficient (Wildman–Crippen LogP) is 3.60. The molecule has 1 heterocycles. The van der Waals surface area contributed by atoms with Crippen LogP contribution in [0.3, 0.4) is 0 Å². The van der Waals surface area contributed by atoms with Crippen molar-refractivity contribution in [2.24, 2.45) is 0 Å². The van der Waals surface area contributed by atoms with Crippen molar-refractivity contribution < 1.29 is 5.11 Å². The Labute approximate surface area is 91.9 Å². The maximum Gasteiger partial charge on any atom is 0.0537 e. The molecule has 0 saturated heterocycles. The fraction of sp³-hybridized carbons (Fsp3) is 0.600. The minimum absolute atomic E-state index is 0.108. The van der Waals surface area contributed by atoms with Gasteiger partial charge in [-0.15, -0.1) is 11.3 Å². The third-order valence-corrected chi connectivity index (χ3v) is 3.81. The van der Waals surface area contributed by atoms with E-state index in [9.17, 15) is 5.11 Å². The molecule has 1 atom stereocenters. The van der Waals surface area contributed by atoms with Crippen molar-refractivity contribution in [3.63, 3.8) is 0 Å². The summed E-state index contributed by atoms with van der Waals surface area (Å²) in [5.74, 6) is 0. The third kappa shape index (κ3) is 4.25. The second-order valence-electron chi connectivity index (χ2n) is 3.19. The highest BCUT2D eigenvalue weighted by atomic mass is 79.9. The Hall–Kier alpha value is 0.140. The van der Waals surface area contributed by atoms with Gasteiger partial charge in [-0.3, -0.25) is 0 Å². The first kappa shape index (κ1) is 11.2. The normalized spacial score (nSPS) is 13.2. The third-order valence-electron chi connectivity index (χ3n) is 2.05. The number of aliphatic hydroxyl groups is 1. The molecule has 0 fully saturated rings. The summed E-state index contributed by atoms with van der Waals surface area (Å²) in [6, 6.07) is 2.16. The van der Waals surface area contributed by atoms with Crippen LogP contribution in [0.5, 0.6) is 0 Å². The van der Waals surface area contributed by atoms with Gasteiger partial charge in [0.2, 0.25) is 0 Å². The maximum atomic E-state index is 9.34. The van der Waals surface area contributed by atoms with Crippen LogP contribution in [0.15, 0.2) is 15.9 Å². The van der Waals surface area contributed by atoms with Crippen LogP contribution in [-0.2, 0) is 6.42 Å². The molecule has 3 heteroatoms.